The monoisotopic (exact) mass is 376 g/mol. The summed E-state index contributed by atoms with van der Waals surface area (Å²) in [7, 11) is 0. The highest BCUT2D eigenvalue weighted by atomic mass is 35.5. The molecule has 2 aliphatic rings. The molecular formula is C17H20ClF3N2O2. The number of rotatable bonds is 1. The van der Waals surface area contributed by atoms with Gasteiger partial charge in [0.1, 0.15) is 0 Å². The summed E-state index contributed by atoms with van der Waals surface area (Å²) in [5, 5.41) is 12.4. The zero-order chi connectivity index (χ0) is 18.2. The third-order valence-electron chi connectivity index (χ3n) is 5.28. The van der Waals surface area contributed by atoms with E-state index < -0.39 is 28.9 Å². The number of benzene rings is 1. The number of urea groups is 1. The van der Waals surface area contributed by atoms with Crippen LogP contribution in [0.3, 0.4) is 0 Å². The molecule has 0 aromatic heterocycles. The number of anilines is 1. The van der Waals surface area contributed by atoms with E-state index in [9.17, 15) is 23.1 Å². The third-order valence-corrected chi connectivity index (χ3v) is 5.61. The molecule has 8 heteroatoms. The zero-order valence-corrected chi connectivity index (χ0v) is 14.3. The minimum absolute atomic E-state index is 0.0494. The van der Waals surface area contributed by atoms with Gasteiger partial charge in [-0.05, 0) is 43.9 Å². The number of amides is 2. The van der Waals surface area contributed by atoms with Crippen LogP contribution in [0.15, 0.2) is 18.2 Å². The van der Waals surface area contributed by atoms with Crippen molar-refractivity contribution < 1.29 is 23.1 Å². The van der Waals surface area contributed by atoms with Crippen molar-refractivity contribution in [3.05, 3.63) is 28.8 Å². The van der Waals surface area contributed by atoms with Gasteiger partial charge in [0, 0.05) is 24.2 Å². The average molecular weight is 377 g/mol. The van der Waals surface area contributed by atoms with Crippen molar-refractivity contribution in [2.24, 2.45) is 5.41 Å². The Morgan fingerprint density at radius 3 is 2.68 bits per heavy atom. The van der Waals surface area contributed by atoms with E-state index in [0.29, 0.717) is 13.1 Å². The molecule has 1 heterocycles. The van der Waals surface area contributed by atoms with Gasteiger partial charge in [-0.1, -0.05) is 18.0 Å². The maximum Gasteiger partial charge on any atom is 0.417 e. The molecule has 2 fully saturated rings. The Kier molecular flexibility index (Phi) is 4.90. The van der Waals surface area contributed by atoms with Gasteiger partial charge in [-0.15, -0.1) is 0 Å². The Hall–Kier alpha value is -1.47. The Morgan fingerprint density at radius 2 is 2.04 bits per heavy atom. The molecule has 1 aromatic carbocycles. The molecule has 4 nitrogen and oxygen atoms in total. The van der Waals surface area contributed by atoms with Crippen LogP contribution in [0, 0.1) is 5.41 Å². The lowest BCUT2D eigenvalue weighted by Gasteiger charge is -2.42. The minimum atomic E-state index is -4.58. The van der Waals surface area contributed by atoms with Crippen molar-refractivity contribution in [2.45, 2.75) is 44.4 Å². The second-order valence-electron chi connectivity index (χ2n) is 6.92. The number of alkyl halides is 3. The van der Waals surface area contributed by atoms with Crippen molar-refractivity contribution in [3.63, 3.8) is 0 Å². The van der Waals surface area contributed by atoms with Gasteiger partial charge in [0.2, 0.25) is 0 Å². The molecule has 0 unspecified atom stereocenters. The lowest BCUT2D eigenvalue weighted by Crippen LogP contribution is -2.50. The quantitative estimate of drug-likeness (QED) is 0.757. The standard InChI is InChI=1S/C17H20ClF3N2O2/c18-13-5-4-11(9-12(13)17(19,20)21)22-15(25)23-8-2-7-16(10-23)6-1-3-14(16)24/h4-5,9,14,24H,1-3,6-8,10H2,(H,22,25)/t14-,16+/m1/s1. The molecule has 138 valence electrons. The van der Waals surface area contributed by atoms with Crippen LogP contribution in [0.5, 0.6) is 0 Å². The molecule has 2 N–H and O–H groups in total. The number of carbonyl (C=O) groups is 1. The first-order valence-electron chi connectivity index (χ1n) is 8.32. The number of piperidine rings is 1. The smallest absolute Gasteiger partial charge is 0.392 e. The van der Waals surface area contributed by atoms with Gasteiger partial charge in [-0.3, -0.25) is 0 Å². The molecule has 0 bridgehead atoms. The first-order valence-corrected chi connectivity index (χ1v) is 8.70. The first-order chi connectivity index (χ1) is 11.7. The average Bonchev–Trinajstić information content (AvgIpc) is 2.88. The van der Waals surface area contributed by atoms with E-state index >= 15 is 0 Å². The highest BCUT2D eigenvalue weighted by molar-refractivity contribution is 6.31. The number of likely N-dealkylation sites (tertiary alicyclic amines) is 1. The lowest BCUT2D eigenvalue weighted by atomic mass is 9.77. The van der Waals surface area contributed by atoms with Gasteiger partial charge < -0.3 is 15.3 Å². The Bertz CT molecular complexity index is 668. The second kappa shape index (κ2) is 6.68. The van der Waals surface area contributed by atoms with E-state index in [4.69, 9.17) is 11.6 Å². The Morgan fingerprint density at radius 1 is 1.32 bits per heavy atom. The summed E-state index contributed by atoms with van der Waals surface area (Å²) in [5.74, 6) is 0. The maximum absolute atomic E-state index is 12.9. The molecule has 1 spiro atoms. The Labute approximate surface area is 148 Å². The maximum atomic E-state index is 12.9. The van der Waals surface area contributed by atoms with Gasteiger partial charge in [-0.25, -0.2) is 4.79 Å². The molecule has 25 heavy (non-hydrogen) atoms. The van der Waals surface area contributed by atoms with Crippen molar-refractivity contribution in [1.82, 2.24) is 4.90 Å². The normalized spacial score (nSPS) is 26.9. The van der Waals surface area contributed by atoms with Crippen molar-refractivity contribution in [2.75, 3.05) is 18.4 Å². The van der Waals surface area contributed by atoms with Crippen molar-refractivity contribution >= 4 is 23.3 Å². The van der Waals surface area contributed by atoms with E-state index in [1.165, 1.54) is 6.07 Å². The van der Waals surface area contributed by atoms with Gasteiger partial charge in [0.15, 0.2) is 0 Å². The number of nitrogens with zero attached hydrogens (tertiary/aromatic N) is 1. The van der Waals surface area contributed by atoms with Crippen molar-refractivity contribution in [1.29, 1.82) is 0 Å². The predicted octanol–water partition coefficient (Wildman–Crippen LogP) is 4.52. The molecule has 0 radical (unpaired) electrons. The number of hydrogen-bond donors (Lipinski definition) is 2. The predicted molar refractivity (Wildman–Crippen MR) is 88.6 cm³/mol. The zero-order valence-electron chi connectivity index (χ0n) is 13.6. The van der Waals surface area contributed by atoms with Crippen LogP contribution in [0.4, 0.5) is 23.7 Å². The van der Waals surface area contributed by atoms with Crippen LogP contribution in [0.2, 0.25) is 5.02 Å². The summed E-state index contributed by atoms with van der Waals surface area (Å²) in [6.07, 6.45) is -0.811. The van der Waals surface area contributed by atoms with Crippen LogP contribution >= 0.6 is 11.6 Å². The third kappa shape index (κ3) is 3.72. The largest absolute Gasteiger partial charge is 0.417 e. The molecule has 2 atom stereocenters. The number of nitrogens with one attached hydrogen (secondary N) is 1. The fraction of sp³-hybridized carbons (Fsp3) is 0.588. The highest BCUT2D eigenvalue weighted by Gasteiger charge is 2.45. The summed E-state index contributed by atoms with van der Waals surface area (Å²) in [4.78, 5) is 14.1. The molecule has 1 aromatic rings. The van der Waals surface area contributed by atoms with Crippen LogP contribution in [-0.4, -0.2) is 35.2 Å². The minimum Gasteiger partial charge on any atom is -0.392 e. The van der Waals surface area contributed by atoms with Crippen LogP contribution in [0.25, 0.3) is 0 Å². The van der Waals surface area contributed by atoms with Gasteiger partial charge in [0.25, 0.3) is 0 Å². The van der Waals surface area contributed by atoms with E-state index in [-0.39, 0.29) is 11.1 Å². The van der Waals surface area contributed by atoms with E-state index in [1.54, 1.807) is 4.90 Å². The summed E-state index contributed by atoms with van der Waals surface area (Å²) >= 11 is 5.59. The molecule has 1 aliphatic heterocycles. The summed E-state index contributed by atoms with van der Waals surface area (Å²) < 4.78 is 38.8. The second-order valence-corrected chi connectivity index (χ2v) is 7.33. The molecule has 1 saturated heterocycles. The van der Waals surface area contributed by atoms with Crippen molar-refractivity contribution in [3.8, 4) is 0 Å². The number of halogens is 4. The van der Waals surface area contributed by atoms with Crippen LogP contribution in [0.1, 0.15) is 37.7 Å². The SMILES string of the molecule is O=C(Nc1ccc(Cl)c(C(F)(F)F)c1)N1CCC[C@@]2(CCC[C@H]2O)C1. The molecule has 2 amide bonds. The number of carbonyl (C=O) groups excluding carboxylic acids is 1. The lowest BCUT2D eigenvalue weighted by molar-refractivity contribution is -0.137. The van der Waals surface area contributed by atoms with Crippen LogP contribution < -0.4 is 5.32 Å². The summed E-state index contributed by atoms with van der Waals surface area (Å²) in [5.41, 5.74) is -1.20. The van der Waals surface area contributed by atoms with E-state index in [0.717, 1.165) is 44.2 Å². The number of aliphatic hydroxyl groups excluding tert-OH is 1. The summed E-state index contributed by atoms with van der Waals surface area (Å²) in [6, 6.07) is 2.86. The number of aliphatic hydroxyl groups is 1. The Balaban J connectivity index is 1.72. The van der Waals surface area contributed by atoms with E-state index in [1.807, 2.05) is 0 Å². The number of hydrogen-bond acceptors (Lipinski definition) is 2. The fourth-order valence-corrected chi connectivity index (χ4v) is 4.18. The topological polar surface area (TPSA) is 52.6 Å². The fourth-order valence-electron chi connectivity index (χ4n) is 3.95. The molecule has 1 aliphatic carbocycles. The first kappa shape index (κ1) is 18.3. The molecule has 3 rings (SSSR count). The molecule has 1 saturated carbocycles. The van der Waals surface area contributed by atoms with Gasteiger partial charge in [-0.2, -0.15) is 13.2 Å². The van der Waals surface area contributed by atoms with E-state index in [2.05, 4.69) is 5.32 Å². The summed E-state index contributed by atoms with van der Waals surface area (Å²) in [6.45, 7) is 0.958. The molecular weight excluding hydrogens is 357 g/mol. The highest BCUT2D eigenvalue weighted by Crippen LogP contribution is 2.45. The van der Waals surface area contributed by atoms with Gasteiger partial charge >= 0.3 is 12.2 Å². The van der Waals surface area contributed by atoms with Crippen LogP contribution in [-0.2, 0) is 6.18 Å². The van der Waals surface area contributed by atoms with Gasteiger partial charge in [0.05, 0.1) is 16.7 Å².